The van der Waals surface area contributed by atoms with E-state index < -0.39 is 5.41 Å². The molecule has 0 atom stereocenters. The van der Waals surface area contributed by atoms with Crippen molar-refractivity contribution in [2.45, 2.75) is 18.3 Å². The van der Waals surface area contributed by atoms with Gasteiger partial charge in [-0.3, -0.25) is 4.79 Å². The Morgan fingerprint density at radius 3 is 2.69 bits per heavy atom. The first kappa shape index (κ1) is 17.6. The summed E-state index contributed by atoms with van der Waals surface area (Å²) in [4.78, 5) is 17.4. The lowest BCUT2D eigenvalue weighted by Gasteiger charge is -2.16. The van der Waals surface area contributed by atoms with Crippen LogP contribution in [0.25, 0.3) is 11.1 Å². The highest BCUT2D eigenvalue weighted by atomic mass is 16.7. The van der Waals surface area contributed by atoms with Gasteiger partial charge < -0.3 is 19.5 Å². The summed E-state index contributed by atoms with van der Waals surface area (Å²) in [7, 11) is 1.64. The molecular formula is C23H22N2O4. The van der Waals surface area contributed by atoms with Crippen LogP contribution in [0.15, 0.2) is 60.8 Å². The van der Waals surface area contributed by atoms with Crippen molar-refractivity contribution in [1.29, 1.82) is 0 Å². The third-order valence-corrected chi connectivity index (χ3v) is 5.53. The van der Waals surface area contributed by atoms with Crippen LogP contribution in [0.1, 0.15) is 19.8 Å². The Hall–Kier alpha value is -3.54. The number of rotatable bonds is 5. The lowest BCUT2D eigenvalue weighted by Crippen LogP contribution is -2.28. The Balaban J connectivity index is 0.00000218. The van der Waals surface area contributed by atoms with Gasteiger partial charge in [-0.25, -0.2) is 4.98 Å². The fourth-order valence-electron chi connectivity index (χ4n) is 3.71. The molecule has 3 aromatic rings. The highest BCUT2D eigenvalue weighted by Crippen LogP contribution is 2.51. The van der Waals surface area contributed by atoms with Crippen LogP contribution < -0.4 is 19.5 Å². The highest BCUT2D eigenvalue weighted by molar-refractivity contribution is 6.01. The van der Waals surface area contributed by atoms with E-state index in [0.29, 0.717) is 11.6 Å². The van der Waals surface area contributed by atoms with E-state index in [1.807, 2.05) is 54.6 Å². The molecule has 1 fully saturated rings. The summed E-state index contributed by atoms with van der Waals surface area (Å²) < 4.78 is 16.2. The molecule has 1 amide bonds. The summed E-state index contributed by atoms with van der Waals surface area (Å²) in [5.41, 5.74) is 2.31. The van der Waals surface area contributed by atoms with Gasteiger partial charge in [0.05, 0.1) is 12.5 Å². The van der Waals surface area contributed by atoms with Crippen molar-refractivity contribution >= 4 is 11.7 Å². The second-order valence-electron chi connectivity index (χ2n) is 7.24. The normalized spacial score (nSPS) is 15.6. The number of hydrogen-bond donors (Lipinski definition) is 1. The number of para-hydroxylation sites is 1. The number of carbonyl (C=O) groups excluding carboxylic acids is 1. The number of nitrogens with zero attached hydrogens (tertiary/aromatic N) is 1. The van der Waals surface area contributed by atoms with Gasteiger partial charge in [-0.2, -0.15) is 0 Å². The minimum Gasteiger partial charge on any atom is -0.496 e. The Kier molecular flexibility index (Phi) is 4.12. The second-order valence-corrected chi connectivity index (χ2v) is 7.24. The van der Waals surface area contributed by atoms with E-state index in [1.54, 1.807) is 13.3 Å². The number of nitrogens with one attached hydrogen (secondary N) is 1. The number of hydrogen-bond acceptors (Lipinski definition) is 5. The van der Waals surface area contributed by atoms with E-state index in [4.69, 9.17) is 14.2 Å². The molecule has 1 aliphatic carbocycles. The van der Waals surface area contributed by atoms with Gasteiger partial charge in [0.2, 0.25) is 12.7 Å². The van der Waals surface area contributed by atoms with Crippen molar-refractivity contribution in [1.82, 2.24) is 4.98 Å². The van der Waals surface area contributed by atoms with Gasteiger partial charge in [0.15, 0.2) is 11.5 Å². The first-order valence-electron chi connectivity index (χ1n) is 9.51. The number of carbonyl (C=O) groups is 1. The van der Waals surface area contributed by atoms with Crippen molar-refractivity contribution < 1.29 is 20.4 Å². The summed E-state index contributed by atoms with van der Waals surface area (Å²) >= 11 is 0. The maximum absolute atomic E-state index is 13.0. The van der Waals surface area contributed by atoms with Gasteiger partial charge in [0, 0.05) is 18.8 Å². The number of fused-ring (bicyclic) bond motifs is 1. The number of pyridine rings is 1. The number of amides is 1. The molecule has 5 rings (SSSR count). The smallest absolute Gasteiger partial charge is 0.236 e. The number of ether oxygens (including phenoxy) is 3. The van der Waals surface area contributed by atoms with E-state index in [2.05, 4.69) is 10.3 Å². The maximum Gasteiger partial charge on any atom is 0.236 e. The zero-order valence-corrected chi connectivity index (χ0v) is 16.0. The summed E-state index contributed by atoms with van der Waals surface area (Å²) in [6.07, 6.45) is 3.35. The average Bonchev–Trinajstić information content (AvgIpc) is 3.45. The molecule has 2 aliphatic rings. The van der Waals surface area contributed by atoms with Gasteiger partial charge in [-0.1, -0.05) is 24.3 Å². The molecule has 1 aliphatic heterocycles. The van der Waals surface area contributed by atoms with Crippen LogP contribution in [-0.4, -0.2) is 24.8 Å². The van der Waals surface area contributed by atoms with Crippen LogP contribution in [0.5, 0.6) is 17.2 Å². The SMILES string of the molecule is COc1ccccc1-c1ccc(NC(=O)C2(c3ccc4c(c3)OCO4)CC2)nc1.[HH]. The van der Waals surface area contributed by atoms with Crippen molar-refractivity contribution in [2.75, 3.05) is 19.2 Å². The van der Waals surface area contributed by atoms with E-state index in [-0.39, 0.29) is 14.1 Å². The first-order chi connectivity index (χ1) is 14.2. The zero-order valence-electron chi connectivity index (χ0n) is 16.0. The predicted octanol–water partition coefficient (Wildman–Crippen LogP) is 4.40. The Bertz CT molecular complexity index is 1080. The topological polar surface area (TPSA) is 69.7 Å². The summed E-state index contributed by atoms with van der Waals surface area (Å²) in [6.45, 7) is 0.223. The van der Waals surface area contributed by atoms with Crippen LogP contribution in [0.3, 0.4) is 0 Å². The highest BCUT2D eigenvalue weighted by Gasteiger charge is 2.51. The number of aromatic nitrogens is 1. The van der Waals surface area contributed by atoms with Gasteiger partial charge in [-0.15, -0.1) is 0 Å². The standard InChI is InChI=1S/C23H20N2O4.H2/c1-27-18-5-3-2-4-17(18)15-6-9-21(24-13-15)25-22(26)23(10-11-23)16-7-8-19-20(12-16)29-14-28-19;/h2-9,12-13H,10-11,14H2,1H3,(H,24,25,26);1H. The van der Waals surface area contributed by atoms with Crippen molar-refractivity contribution in [3.8, 4) is 28.4 Å². The van der Waals surface area contributed by atoms with Crippen LogP contribution >= 0.6 is 0 Å². The molecule has 1 aromatic heterocycles. The van der Waals surface area contributed by atoms with E-state index >= 15 is 0 Å². The quantitative estimate of drug-likeness (QED) is 0.699. The fraction of sp³-hybridized carbons (Fsp3) is 0.217. The Labute approximate surface area is 169 Å². The number of anilines is 1. The molecular weight excluding hydrogens is 368 g/mol. The molecule has 29 heavy (non-hydrogen) atoms. The van der Waals surface area contributed by atoms with Crippen LogP contribution in [0, 0.1) is 0 Å². The lowest BCUT2D eigenvalue weighted by molar-refractivity contribution is -0.118. The van der Waals surface area contributed by atoms with Crippen molar-refractivity contribution in [3.63, 3.8) is 0 Å². The largest absolute Gasteiger partial charge is 0.496 e. The van der Waals surface area contributed by atoms with E-state index in [9.17, 15) is 4.79 Å². The van der Waals surface area contributed by atoms with Gasteiger partial charge in [-0.05, 0) is 48.7 Å². The minimum absolute atomic E-state index is 0. The Morgan fingerprint density at radius 2 is 1.93 bits per heavy atom. The Morgan fingerprint density at radius 1 is 1.10 bits per heavy atom. The molecule has 0 radical (unpaired) electrons. The molecule has 0 spiro atoms. The van der Waals surface area contributed by atoms with E-state index in [1.165, 1.54) is 0 Å². The minimum atomic E-state index is -0.524. The number of benzene rings is 2. The molecule has 1 N–H and O–H groups in total. The molecule has 6 nitrogen and oxygen atoms in total. The monoisotopic (exact) mass is 390 g/mol. The molecule has 0 unspecified atom stereocenters. The van der Waals surface area contributed by atoms with Crippen LogP contribution in [0.2, 0.25) is 0 Å². The molecule has 0 saturated heterocycles. The fourth-order valence-corrected chi connectivity index (χ4v) is 3.71. The average molecular weight is 390 g/mol. The van der Waals surface area contributed by atoms with Crippen LogP contribution in [-0.2, 0) is 10.2 Å². The summed E-state index contributed by atoms with van der Waals surface area (Å²) in [6, 6.07) is 17.2. The summed E-state index contributed by atoms with van der Waals surface area (Å²) in [5.74, 6) is 2.68. The zero-order chi connectivity index (χ0) is 19.8. The predicted molar refractivity (Wildman–Crippen MR) is 110 cm³/mol. The van der Waals surface area contributed by atoms with Crippen LogP contribution in [0.4, 0.5) is 5.82 Å². The molecule has 148 valence electrons. The lowest BCUT2D eigenvalue weighted by atomic mass is 9.94. The second kappa shape index (κ2) is 6.81. The van der Waals surface area contributed by atoms with Gasteiger partial charge >= 0.3 is 0 Å². The maximum atomic E-state index is 13.0. The number of methoxy groups -OCH3 is 1. The third-order valence-electron chi connectivity index (χ3n) is 5.53. The van der Waals surface area contributed by atoms with Crippen molar-refractivity contribution in [3.05, 3.63) is 66.4 Å². The van der Waals surface area contributed by atoms with E-state index in [0.717, 1.165) is 41.0 Å². The summed E-state index contributed by atoms with van der Waals surface area (Å²) in [5, 5.41) is 2.96. The third kappa shape index (κ3) is 3.06. The first-order valence-corrected chi connectivity index (χ1v) is 9.51. The van der Waals surface area contributed by atoms with Gasteiger partial charge in [0.25, 0.3) is 0 Å². The molecule has 0 bridgehead atoms. The molecule has 2 aromatic carbocycles. The van der Waals surface area contributed by atoms with Gasteiger partial charge in [0.1, 0.15) is 11.6 Å². The molecule has 6 heteroatoms. The molecule has 2 heterocycles. The van der Waals surface area contributed by atoms with Crippen molar-refractivity contribution in [2.24, 2.45) is 0 Å². The molecule has 1 saturated carbocycles.